The zero-order chi connectivity index (χ0) is 13.3. The van der Waals surface area contributed by atoms with Gasteiger partial charge < -0.3 is 15.2 Å². The summed E-state index contributed by atoms with van der Waals surface area (Å²) in [5.74, 6) is 1.32. The van der Waals surface area contributed by atoms with Crippen molar-refractivity contribution in [2.45, 2.75) is 69.4 Å². The zero-order valence-corrected chi connectivity index (χ0v) is 12.3. The summed E-state index contributed by atoms with van der Waals surface area (Å²) in [5.41, 5.74) is 7.03. The van der Waals surface area contributed by atoms with Crippen LogP contribution in [0.2, 0.25) is 0 Å². The van der Waals surface area contributed by atoms with E-state index in [2.05, 4.69) is 6.92 Å². The predicted molar refractivity (Wildman–Crippen MR) is 76.0 cm³/mol. The first kappa shape index (κ1) is 13.8. The maximum Gasteiger partial charge on any atom is 0.0729 e. The minimum absolute atomic E-state index is 0.0628. The van der Waals surface area contributed by atoms with Crippen LogP contribution in [0.15, 0.2) is 0 Å². The van der Waals surface area contributed by atoms with Crippen molar-refractivity contribution in [3.05, 3.63) is 0 Å². The molecule has 2 aliphatic heterocycles. The molecule has 19 heavy (non-hydrogen) atoms. The van der Waals surface area contributed by atoms with Gasteiger partial charge in [0.1, 0.15) is 0 Å². The van der Waals surface area contributed by atoms with E-state index in [0.717, 1.165) is 45.5 Å². The molecule has 3 fully saturated rings. The molecular formula is C16H29NO2. The Morgan fingerprint density at radius 3 is 2.53 bits per heavy atom. The van der Waals surface area contributed by atoms with Crippen LogP contribution in [0.3, 0.4) is 0 Å². The molecule has 3 nitrogen and oxygen atoms in total. The molecule has 0 amide bonds. The van der Waals surface area contributed by atoms with Gasteiger partial charge in [0.25, 0.3) is 0 Å². The molecule has 3 atom stereocenters. The first-order chi connectivity index (χ1) is 9.15. The first-order valence-electron chi connectivity index (χ1n) is 8.15. The van der Waals surface area contributed by atoms with Crippen molar-refractivity contribution in [1.29, 1.82) is 0 Å². The second-order valence-electron chi connectivity index (χ2n) is 7.09. The van der Waals surface area contributed by atoms with Gasteiger partial charge in [-0.1, -0.05) is 19.8 Å². The summed E-state index contributed by atoms with van der Waals surface area (Å²) in [7, 11) is 0. The predicted octanol–water partition coefficient (Wildman–Crippen LogP) is 2.87. The van der Waals surface area contributed by atoms with E-state index in [-0.39, 0.29) is 11.1 Å². The third kappa shape index (κ3) is 2.57. The van der Waals surface area contributed by atoms with Crippen molar-refractivity contribution in [1.82, 2.24) is 0 Å². The lowest BCUT2D eigenvalue weighted by Gasteiger charge is -2.52. The van der Waals surface area contributed by atoms with E-state index >= 15 is 0 Å². The second-order valence-corrected chi connectivity index (χ2v) is 7.09. The Balaban J connectivity index is 1.73. The second kappa shape index (κ2) is 5.34. The van der Waals surface area contributed by atoms with Gasteiger partial charge in [-0.2, -0.15) is 0 Å². The van der Waals surface area contributed by atoms with Gasteiger partial charge in [-0.15, -0.1) is 0 Å². The van der Waals surface area contributed by atoms with Crippen molar-refractivity contribution < 1.29 is 9.47 Å². The molecule has 1 saturated carbocycles. The Morgan fingerprint density at radius 2 is 1.79 bits per heavy atom. The highest BCUT2D eigenvalue weighted by molar-refractivity contribution is 5.02. The van der Waals surface area contributed by atoms with Crippen LogP contribution in [0.5, 0.6) is 0 Å². The molecule has 0 bridgehead atoms. The molecule has 0 radical (unpaired) electrons. The molecule has 1 spiro atoms. The molecule has 110 valence electrons. The third-order valence-electron chi connectivity index (χ3n) is 6.07. The molecule has 3 heteroatoms. The lowest BCUT2D eigenvalue weighted by Crippen LogP contribution is -2.58. The van der Waals surface area contributed by atoms with E-state index in [1.54, 1.807) is 0 Å². The quantitative estimate of drug-likeness (QED) is 0.794. The summed E-state index contributed by atoms with van der Waals surface area (Å²) >= 11 is 0. The normalized spacial score (nSPS) is 43.3. The van der Waals surface area contributed by atoms with Crippen LogP contribution in [0.4, 0.5) is 0 Å². The fourth-order valence-corrected chi connectivity index (χ4v) is 4.58. The Kier molecular flexibility index (Phi) is 3.89. The van der Waals surface area contributed by atoms with Gasteiger partial charge in [0.05, 0.1) is 5.60 Å². The summed E-state index contributed by atoms with van der Waals surface area (Å²) in [5, 5.41) is 0. The molecule has 2 saturated heterocycles. The van der Waals surface area contributed by atoms with Crippen LogP contribution in [-0.4, -0.2) is 31.0 Å². The maximum atomic E-state index is 6.88. The van der Waals surface area contributed by atoms with Gasteiger partial charge in [0.15, 0.2) is 0 Å². The Hall–Kier alpha value is -0.120. The minimum Gasteiger partial charge on any atom is -0.381 e. The smallest absolute Gasteiger partial charge is 0.0729 e. The maximum absolute atomic E-state index is 6.88. The average Bonchev–Trinajstić information content (AvgIpc) is 2.43. The number of ether oxygens (including phenoxy) is 2. The summed E-state index contributed by atoms with van der Waals surface area (Å²) in [6.45, 7) is 4.99. The molecule has 0 aromatic rings. The van der Waals surface area contributed by atoms with Crippen LogP contribution in [0.1, 0.15) is 58.3 Å². The van der Waals surface area contributed by atoms with Crippen molar-refractivity contribution in [2.75, 3.05) is 19.8 Å². The molecule has 0 aromatic carbocycles. The van der Waals surface area contributed by atoms with Crippen molar-refractivity contribution >= 4 is 0 Å². The lowest BCUT2D eigenvalue weighted by atomic mass is 9.62. The lowest BCUT2D eigenvalue weighted by molar-refractivity contribution is -0.158. The van der Waals surface area contributed by atoms with Crippen LogP contribution < -0.4 is 5.73 Å². The number of rotatable bonds is 1. The van der Waals surface area contributed by atoms with E-state index in [0.29, 0.717) is 11.8 Å². The fourth-order valence-electron chi connectivity index (χ4n) is 4.58. The van der Waals surface area contributed by atoms with Crippen LogP contribution in [0, 0.1) is 11.8 Å². The average molecular weight is 267 g/mol. The van der Waals surface area contributed by atoms with Crippen LogP contribution >= 0.6 is 0 Å². The number of hydrogen-bond acceptors (Lipinski definition) is 3. The van der Waals surface area contributed by atoms with Crippen LogP contribution in [0.25, 0.3) is 0 Å². The molecule has 3 rings (SSSR count). The van der Waals surface area contributed by atoms with Crippen LogP contribution in [-0.2, 0) is 9.47 Å². The van der Waals surface area contributed by atoms with E-state index < -0.39 is 0 Å². The molecule has 1 aliphatic carbocycles. The minimum atomic E-state index is 0.0628. The zero-order valence-electron chi connectivity index (χ0n) is 12.3. The first-order valence-corrected chi connectivity index (χ1v) is 8.15. The summed E-state index contributed by atoms with van der Waals surface area (Å²) in [6.07, 6.45) is 9.65. The highest BCUT2D eigenvalue weighted by atomic mass is 16.5. The summed E-state index contributed by atoms with van der Waals surface area (Å²) in [4.78, 5) is 0. The fraction of sp³-hybridized carbons (Fsp3) is 1.00. The number of nitrogens with two attached hydrogens (primary N) is 1. The largest absolute Gasteiger partial charge is 0.381 e. The molecule has 3 unspecified atom stereocenters. The van der Waals surface area contributed by atoms with Gasteiger partial charge in [-0.25, -0.2) is 0 Å². The molecular weight excluding hydrogens is 238 g/mol. The van der Waals surface area contributed by atoms with Gasteiger partial charge >= 0.3 is 0 Å². The molecule has 2 N–H and O–H groups in total. The Morgan fingerprint density at radius 1 is 1.00 bits per heavy atom. The van der Waals surface area contributed by atoms with E-state index in [1.165, 1.54) is 25.7 Å². The van der Waals surface area contributed by atoms with E-state index in [4.69, 9.17) is 15.2 Å². The van der Waals surface area contributed by atoms with Gasteiger partial charge in [-0.3, -0.25) is 0 Å². The number of hydrogen-bond donors (Lipinski definition) is 1. The van der Waals surface area contributed by atoms with Gasteiger partial charge in [0, 0.05) is 25.4 Å². The SMILES string of the molecule is CC1CCCCC1(N)C1CCOC2(CCOCC2)C1. The molecule has 0 aromatic heterocycles. The highest BCUT2D eigenvalue weighted by Gasteiger charge is 2.48. The van der Waals surface area contributed by atoms with Crippen molar-refractivity contribution in [3.8, 4) is 0 Å². The highest BCUT2D eigenvalue weighted by Crippen LogP contribution is 2.46. The Bertz CT molecular complexity index is 308. The molecule has 3 aliphatic rings. The summed E-state index contributed by atoms with van der Waals surface area (Å²) < 4.78 is 11.7. The van der Waals surface area contributed by atoms with Crippen molar-refractivity contribution in [2.24, 2.45) is 17.6 Å². The summed E-state index contributed by atoms with van der Waals surface area (Å²) in [6, 6.07) is 0. The van der Waals surface area contributed by atoms with Crippen molar-refractivity contribution in [3.63, 3.8) is 0 Å². The standard InChI is InChI=1S/C16H29NO2/c1-13-4-2-3-6-16(13,17)14-5-9-19-15(12-14)7-10-18-11-8-15/h13-14H,2-12,17H2,1H3. The van der Waals surface area contributed by atoms with E-state index in [9.17, 15) is 0 Å². The third-order valence-corrected chi connectivity index (χ3v) is 6.07. The topological polar surface area (TPSA) is 44.5 Å². The monoisotopic (exact) mass is 267 g/mol. The Labute approximate surface area is 117 Å². The van der Waals surface area contributed by atoms with Gasteiger partial charge in [0.2, 0.25) is 0 Å². The van der Waals surface area contributed by atoms with E-state index in [1.807, 2.05) is 0 Å². The molecule has 2 heterocycles. The van der Waals surface area contributed by atoms with Gasteiger partial charge in [-0.05, 0) is 50.4 Å².